The Labute approximate surface area is 64.4 Å². The van der Waals surface area contributed by atoms with Gasteiger partial charge in [-0.15, -0.1) is 0 Å². The summed E-state index contributed by atoms with van der Waals surface area (Å²) in [6, 6.07) is 0.871. The fourth-order valence-corrected chi connectivity index (χ4v) is 1.76. The zero-order valence-electron chi connectivity index (χ0n) is 7.43. The van der Waals surface area contributed by atoms with Crippen LogP contribution in [0.25, 0.3) is 0 Å². The van der Waals surface area contributed by atoms with Crippen molar-refractivity contribution in [2.24, 2.45) is 5.92 Å². The molecule has 60 valence electrons. The molecule has 0 aromatic carbocycles. The topological polar surface area (TPSA) is 3.24 Å². The molecule has 0 N–H and O–H groups in total. The first-order chi connectivity index (χ1) is 4.70. The van der Waals surface area contributed by atoms with E-state index in [0.717, 1.165) is 12.0 Å². The standard InChI is InChI=1S/C9H19N/c1-8-4-6-9(7-5-8)10(2)3/h8-9H,4-7H2,1-3H3/t8-,9+. The molecule has 0 spiro atoms. The Balaban J connectivity index is 2.26. The summed E-state index contributed by atoms with van der Waals surface area (Å²) < 4.78 is 0. The van der Waals surface area contributed by atoms with Crippen LogP contribution in [0.4, 0.5) is 0 Å². The van der Waals surface area contributed by atoms with Crippen molar-refractivity contribution in [2.45, 2.75) is 38.6 Å². The average Bonchev–Trinajstić information content (AvgIpc) is 1.88. The molecule has 0 saturated heterocycles. The van der Waals surface area contributed by atoms with E-state index in [1.54, 1.807) is 0 Å². The molecule has 0 atom stereocenters. The van der Waals surface area contributed by atoms with E-state index >= 15 is 0 Å². The number of rotatable bonds is 1. The summed E-state index contributed by atoms with van der Waals surface area (Å²) in [5, 5.41) is 0. The van der Waals surface area contributed by atoms with Crippen molar-refractivity contribution in [2.75, 3.05) is 14.1 Å². The molecule has 0 radical (unpaired) electrons. The van der Waals surface area contributed by atoms with Crippen LogP contribution in [0.2, 0.25) is 0 Å². The van der Waals surface area contributed by atoms with E-state index in [1.807, 2.05) is 0 Å². The predicted molar refractivity (Wildman–Crippen MR) is 45.1 cm³/mol. The molecule has 1 rings (SSSR count). The van der Waals surface area contributed by atoms with Gasteiger partial charge < -0.3 is 4.90 Å². The highest BCUT2D eigenvalue weighted by atomic mass is 15.1. The minimum absolute atomic E-state index is 0.871. The number of nitrogens with zero attached hydrogens (tertiary/aromatic N) is 1. The fourth-order valence-electron chi connectivity index (χ4n) is 1.76. The van der Waals surface area contributed by atoms with E-state index in [2.05, 4.69) is 25.9 Å². The Bertz CT molecular complexity index is 90.9. The van der Waals surface area contributed by atoms with Gasteiger partial charge in [0.25, 0.3) is 0 Å². The molecule has 0 aliphatic heterocycles. The molecule has 0 unspecified atom stereocenters. The van der Waals surface area contributed by atoms with E-state index < -0.39 is 0 Å². The van der Waals surface area contributed by atoms with Gasteiger partial charge in [0, 0.05) is 6.04 Å². The summed E-state index contributed by atoms with van der Waals surface area (Å²) in [5.74, 6) is 0.983. The maximum Gasteiger partial charge on any atom is 0.00893 e. The third kappa shape index (κ3) is 1.98. The molecule has 0 amide bonds. The van der Waals surface area contributed by atoms with Gasteiger partial charge in [-0.1, -0.05) is 6.92 Å². The van der Waals surface area contributed by atoms with Crippen molar-refractivity contribution < 1.29 is 0 Å². The Morgan fingerprint density at radius 1 is 1.00 bits per heavy atom. The van der Waals surface area contributed by atoms with Crippen LogP contribution in [0.1, 0.15) is 32.6 Å². The van der Waals surface area contributed by atoms with Gasteiger partial charge in [0.05, 0.1) is 0 Å². The van der Waals surface area contributed by atoms with Crippen LogP contribution in [0.15, 0.2) is 0 Å². The van der Waals surface area contributed by atoms with Gasteiger partial charge in [-0.3, -0.25) is 0 Å². The Morgan fingerprint density at radius 2 is 1.50 bits per heavy atom. The van der Waals surface area contributed by atoms with Gasteiger partial charge in [0.2, 0.25) is 0 Å². The summed E-state index contributed by atoms with van der Waals surface area (Å²) >= 11 is 0. The molecular weight excluding hydrogens is 122 g/mol. The highest BCUT2D eigenvalue weighted by Gasteiger charge is 2.18. The summed E-state index contributed by atoms with van der Waals surface area (Å²) in [6.45, 7) is 2.37. The normalized spacial score (nSPS) is 34.8. The molecule has 1 heteroatoms. The molecule has 0 aromatic rings. The minimum atomic E-state index is 0.871. The Hall–Kier alpha value is -0.0400. The van der Waals surface area contributed by atoms with E-state index in [1.165, 1.54) is 25.7 Å². The van der Waals surface area contributed by atoms with Crippen LogP contribution in [0.5, 0.6) is 0 Å². The lowest BCUT2D eigenvalue weighted by molar-refractivity contribution is 0.200. The van der Waals surface area contributed by atoms with Gasteiger partial charge in [0.15, 0.2) is 0 Å². The van der Waals surface area contributed by atoms with Gasteiger partial charge in [-0.05, 0) is 45.7 Å². The molecule has 0 bridgehead atoms. The quantitative estimate of drug-likeness (QED) is 0.540. The molecule has 1 nitrogen and oxygen atoms in total. The monoisotopic (exact) mass is 141 g/mol. The second-order valence-corrected chi connectivity index (χ2v) is 3.88. The summed E-state index contributed by atoms with van der Waals surface area (Å²) in [7, 11) is 4.39. The largest absolute Gasteiger partial charge is 0.306 e. The third-order valence-electron chi connectivity index (χ3n) is 2.72. The second-order valence-electron chi connectivity index (χ2n) is 3.88. The molecule has 1 fully saturated rings. The van der Waals surface area contributed by atoms with Crippen molar-refractivity contribution in [3.8, 4) is 0 Å². The molecule has 0 heterocycles. The van der Waals surface area contributed by atoms with E-state index in [4.69, 9.17) is 0 Å². The number of hydrogen-bond donors (Lipinski definition) is 0. The van der Waals surface area contributed by atoms with Crippen molar-refractivity contribution in [1.29, 1.82) is 0 Å². The highest BCUT2D eigenvalue weighted by Crippen LogP contribution is 2.25. The smallest absolute Gasteiger partial charge is 0.00893 e. The van der Waals surface area contributed by atoms with Crippen LogP contribution in [0, 0.1) is 5.92 Å². The average molecular weight is 141 g/mol. The first-order valence-corrected chi connectivity index (χ1v) is 4.36. The lowest BCUT2D eigenvalue weighted by atomic mass is 9.87. The second kappa shape index (κ2) is 3.38. The summed E-state index contributed by atoms with van der Waals surface area (Å²) in [4.78, 5) is 2.37. The first-order valence-electron chi connectivity index (χ1n) is 4.36. The van der Waals surface area contributed by atoms with Crippen LogP contribution in [-0.4, -0.2) is 25.0 Å². The molecule has 0 aromatic heterocycles. The molecule has 1 aliphatic carbocycles. The Morgan fingerprint density at radius 3 is 1.90 bits per heavy atom. The van der Waals surface area contributed by atoms with Gasteiger partial charge in [-0.25, -0.2) is 0 Å². The van der Waals surface area contributed by atoms with Crippen LogP contribution in [0.3, 0.4) is 0 Å². The van der Waals surface area contributed by atoms with E-state index in [9.17, 15) is 0 Å². The van der Waals surface area contributed by atoms with Crippen molar-refractivity contribution in [3.05, 3.63) is 0 Å². The molecule has 10 heavy (non-hydrogen) atoms. The predicted octanol–water partition coefficient (Wildman–Crippen LogP) is 2.13. The van der Waals surface area contributed by atoms with Gasteiger partial charge >= 0.3 is 0 Å². The van der Waals surface area contributed by atoms with Crippen molar-refractivity contribution in [3.63, 3.8) is 0 Å². The minimum Gasteiger partial charge on any atom is -0.306 e. The van der Waals surface area contributed by atoms with Crippen LogP contribution >= 0.6 is 0 Å². The van der Waals surface area contributed by atoms with Crippen molar-refractivity contribution in [1.82, 2.24) is 4.90 Å². The Kier molecular flexibility index (Phi) is 2.72. The molecule has 1 saturated carbocycles. The third-order valence-corrected chi connectivity index (χ3v) is 2.72. The maximum absolute atomic E-state index is 2.37. The van der Waals surface area contributed by atoms with Gasteiger partial charge in [0.1, 0.15) is 0 Å². The fraction of sp³-hybridized carbons (Fsp3) is 1.00. The molecular formula is C9H19N. The lowest BCUT2D eigenvalue weighted by Crippen LogP contribution is -2.31. The first kappa shape index (κ1) is 8.06. The van der Waals surface area contributed by atoms with E-state index in [-0.39, 0.29) is 0 Å². The number of hydrogen-bond acceptors (Lipinski definition) is 1. The molecule has 1 aliphatic rings. The van der Waals surface area contributed by atoms with E-state index in [0.29, 0.717) is 0 Å². The van der Waals surface area contributed by atoms with Crippen molar-refractivity contribution >= 4 is 0 Å². The zero-order chi connectivity index (χ0) is 7.56. The highest BCUT2D eigenvalue weighted by molar-refractivity contribution is 4.74. The van der Waals surface area contributed by atoms with Gasteiger partial charge in [-0.2, -0.15) is 0 Å². The SMILES string of the molecule is CN(C)[C@H]1CC[C@@H](C)CC1. The lowest BCUT2D eigenvalue weighted by Gasteiger charge is -2.30. The summed E-state index contributed by atoms with van der Waals surface area (Å²) in [6.07, 6.45) is 5.69. The summed E-state index contributed by atoms with van der Waals surface area (Å²) in [5.41, 5.74) is 0. The zero-order valence-corrected chi connectivity index (χ0v) is 7.43. The maximum atomic E-state index is 2.37. The van der Waals surface area contributed by atoms with Crippen LogP contribution in [-0.2, 0) is 0 Å². The van der Waals surface area contributed by atoms with Crippen LogP contribution < -0.4 is 0 Å².